The largest absolute Gasteiger partial charge is 0.358 e. The average Bonchev–Trinajstić information content (AvgIpc) is 2.61. The van der Waals surface area contributed by atoms with Crippen molar-refractivity contribution in [3.8, 4) is 6.07 Å². The molecule has 2 N–H and O–H groups in total. The lowest BCUT2D eigenvalue weighted by Gasteiger charge is -2.28. The Hall–Kier alpha value is -3.14. The molecule has 148 valence electrons. The van der Waals surface area contributed by atoms with Gasteiger partial charge in [0.2, 0.25) is 0 Å². The van der Waals surface area contributed by atoms with E-state index in [1.54, 1.807) is 26.1 Å². The van der Waals surface area contributed by atoms with E-state index in [2.05, 4.69) is 47.4 Å². The van der Waals surface area contributed by atoms with Gasteiger partial charge in [0.15, 0.2) is 11.6 Å². The van der Waals surface area contributed by atoms with Crippen LogP contribution >= 0.6 is 0 Å². The standard InChI is InChI=1S/C21H28N6O/c1-13-8-9-15(20(28)23-6)10-17(13)26-18-16(11-22)19(25-14(2)24-18)27(7)12-21(3,4)5/h8-10H,12H2,1-7H3,(H,23,28)(H,24,25,26). The summed E-state index contributed by atoms with van der Waals surface area (Å²) in [5.41, 5.74) is 2.62. The Kier molecular flexibility index (Phi) is 6.24. The fourth-order valence-electron chi connectivity index (χ4n) is 2.98. The van der Waals surface area contributed by atoms with Crippen LogP contribution in [0.5, 0.6) is 0 Å². The van der Waals surface area contributed by atoms with Crippen LogP contribution in [0.2, 0.25) is 0 Å². The molecule has 1 aromatic carbocycles. The highest BCUT2D eigenvalue weighted by molar-refractivity contribution is 5.95. The molecule has 28 heavy (non-hydrogen) atoms. The fourth-order valence-corrected chi connectivity index (χ4v) is 2.98. The van der Waals surface area contributed by atoms with Gasteiger partial charge in [-0.2, -0.15) is 5.26 Å². The monoisotopic (exact) mass is 380 g/mol. The minimum Gasteiger partial charge on any atom is -0.358 e. The zero-order valence-corrected chi connectivity index (χ0v) is 17.6. The van der Waals surface area contributed by atoms with Gasteiger partial charge in [-0.15, -0.1) is 0 Å². The number of nitrogens with one attached hydrogen (secondary N) is 2. The Bertz CT molecular complexity index is 924. The molecule has 1 heterocycles. The Morgan fingerprint density at radius 1 is 1.25 bits per heavy atom. The highest BCUT2D eigenvalue weighted by Gasteiger charge is 2.21. The van der Waals surface area contributed by atoms with Gasteiger partial charge in [-0.1, -0.05) is 26.8 Å². The van der Waals surface area contributed by atoms with Crippen LogP contribution in [0.4, 0.5) is 17.3 Å². The maximum absolute atomic E-state index is 12.0. The summed E-state index contributed by atoms with van der Waals surface area (Å²) >= 11 is 0. The summed E-state index contributed by atoms with van der Waals surface area (Å²) in [6.45, 7) is 10.9. The molecule has 0 bridgehead atoms. The topological polar surface area (TPSA) is 93.9 Å². The Balaban J connectivity index is 2.50. The van der Waals surface area contributed by atoms with Crippen molar-refractivity contribution in [2.75, 3.05) is 30.9 Å². The van der Waals surface area contributed by atoms with Gasteiger partial charge >= 0.3 is 0 Å². The minimum atomic E-state index is -0.173. The predicted molar refractivity (Wildman–Crippen MR) is 112 cm³/mol. The van der Waals surface area contributed by atoms with E-state index < -0.39 is 0 Å². The molecule has 2 rings (SSSR count). The van der Waals surface area contributed by atoms with Crippen LogP contribution in [-0.2, 0) is 0 Å². The number of rotatable bonds is 5. The first-order valence-electron chi connectivity index (χ1n) is 9.15. The summed E-state index contributed by atoms with van der Waals surface area (Å²) in [7, 11) is 3.52. The van der Waals surface area contributed by atoms with Crippen molar-refractivity contribution in [2.45, 2.75) is 34.6 Å². The number of amides is 1. The van der Waals surface area contributed by atoms with Crippen molar-refractivity contribution in [1.29, 1.82) is 5.26 Å². The van der Waals surface area contributed by atoms with Gasteiger partial charge in [-0.25, -0.2) is 9.97 Å². The zero-order chi connectivity index (χ0) is 21.1. The maximum atomic E-state index is 12.0. The highest BCUT2D eigenvalue weighted by Crippen LogP contribution is 2.29. The number of hydrogen-bond acceptors (Lipinski definition) is 6. The van der Waals surface area contributed by atoms with Gasteiger partial charge in [0.1, 0.15) is 17.5 Å². The van der Waals surface area contributed by atoms with E-state index in [-0.39, 0.29) is 11.3 Å². The van der Waals surface area contributed by atoms with Crippen molar-refractivity contribution in [1.82, 2.24) is 15.3 Å². The third-order valence-corrected chi connectivity index (χ3v) is 4.17. The van der Waals surface area contributed by atoms with E-state index in [1.165, 1.54) is 0 Å². The summed E-state index contributed by atoms with van der Waals surface area (Å²) < 4.78 is 0. The molecule has 0 saturated heterocycles. The van der Waals surface area contributed by atoms with Gasteiger partial charge < -0.3 is 15.5 Å². The summed E-state index contributed by atoms with van der Waals surface area (Å²) in [6, 6.07) is 7.62. The zero-order valence-electron chi connectivity index (χ0n) is 17.6. The molecule has 1 amide bonds. The molecule has 0 fully saturated rings. The quantitative estimate of drug-likeness (QED) is 0.824. The average molecular weight is 380 g/mol. The molecule has 1 aromatic heterocycles. The highest BCUT2D eigenvalue weighted by atomic mass is 16.1. The number of carbonyl (C=O) groups is 1. The predicted octanol–water partition coefficient (Wildman–Crippen LogP) is 3.55. The molecule has 2 aromatic rings. The van der Waals surface area contributed by atoms with E-state index >= 15 is 0 Å². The smallest absolute Gasteiger partial charge is 0.251 e. The molecule has 7 nitrogen and oxygen atoms in total. The van der Waals surface area contributed by atoms with Crippen molar-refractivity contribution in [2.24, 2.45) is 5.41 Å². The third-order valence-electron chi connectivity index (χ3n) is 4.17. The molecule has 0 atom stereocenters. The summed E-state index contributed by atoms with van der Waals surface area (Å²) in [4.78, 5) is 22.9. The van der Waals surface area contributed by atoms with Crippen LogP contribution in [0.15, 0.2) is 18.2 Å². The van der Waals surface area contributed by atoms with E-state index in [4.69, 9.17) is 0 Å². The summed E-state index contributed by atoms with van der Waals surface area (Å²) in [5.74, 6) is 1.42. The lowest BCUT2D eigenvalue weighted by Crippen LogP contribution is -2.30. The molecule has 0 aliphatic heterocycles. The number of nitriles is 1. The van der Waals surface area contributed by atoms with E-state index in [0.29, 0.717) is 28.6 Å². The van der Waals surface area contributed by atoms with Crippen LogP contribution in [0.3, 0.4) is 0 Å². The van der Waals surface area contributed by atoms with E-state index in [1.807, 2.05) is 24.9 Å². The van der Waals surface area contributed by atoms with Crippen LogP contribution in [0, 0.1) is 30.6 Å². The molecule has 0 aliphatic carbocycles. The van der Waals surface area contributed by atoms with Crippen LogP contribution < -0.4 is 15.5 Å². The van der Waals surface area contributed by atoms with Crippen molar-refractivity contribution >= 4 is 23.2 Å². The van der Waals surface area contributed by atoms with Gasteiger partial charge in [0, 0.05) is 31.9 Å². The molecule has 0 unspecified atom stereocenters. The van der Waals surface area contributed by atoms with Crippen LogP contribution in [0.1, 0.15) is 48.1 Å². The van der Waals surface area contributed by atoms with Gasteiger partial charge in [0.05, 0.1) is 0 Å². The molecular weight excluding hydrogens is 352 g/mol. The number of anilines is 3. The second-order valence-electron chi connectivity index (χ2n) is 8.08. The number of hydrogen-bond donors (Lipinski definition) is 2. The van der Waals surface area contributed by atoms with Crippen LogP contribution in [-0.4, -0.2) is 36.5 Å². The lowest BCUT2D eigenvalue weighted by molar-refractivity contribution is 0.0963. The SMILES string of the molecule is CNC(=O)c1ccc(C)c(Nc2nc(C)nc(N(C)CC(C)(C)C)c2C#N)c1. The molecule has 0 saturated carbocycles. The second-order valence-corrected chi connectivity index (χ2v) is 8.08. The van der Waals surface area contributed by atoms with Gasteiger partial charge in [-0.05, 0) is 37.0 Å². The van der Waals surface area contributed by atoms with Gasteiger partial charge in [-0.3, -0.25) is 4.79 Å². The first-order chi connectivity index (χ1) is 13.1. The summed E-state index contributed by atoms with van der Waals surface area (Å²) in [6.07, 6.45) is 0. The molecule has 0 radical (unpaired) electrons. The normalized spacial score (nSPS) is 10.9. The molecule has 7 heteroatoms. The maximum Gasteiger partial charge on any atom is 0.251 e. The molecule has 0 aliphatic rings. The van der Waals surface area contributed by atoms with E-state index in [9.17, 15) is 10.1 Å². The lowest BCUT2D eigenvalue weighted by atomic mass is 9.96. The van der Waals surface area contributed by atoms with Crippen molar-refractivity contribution in [3.05, 3.63) is 40.7 Å². The summed E-state index contributed by atoms with van der Waals surface area (Å²) in [5, 5.41) is 15.7. The first-order valence-corrected chi connectivity index (χ1v) is 9.15. The fraction of sp³-hybridized carbons (Fsp3) is 0.429. The molecular formula is C21H28N6O. The van der Waals surface area contributed by atoms with Crippen molar-refractivity contribution < 1.29 is 4.79 Å². The minimum absolute atomic E-state index is 0.0480. The first kappa shape index (κ1) is 21.2. The third kappa shape index (κ3) is 4.97. The Morgan fingerprint density at radius 3 is 2.50 bits per heavy atom. The number of carbonyl (C=O) groups excluding carboxylic acids is 1. The Morgan fingerprint density at radius 2 is 1.93 bits per heavy atom. The van der Waals surface area contributed by atoms with E-state index in [0.717, 1.165) is 17.8 Å². The number of nitrogens with zero attached hydrogens (tertiary/aromatic N) is 4. The van der Waals surface area contributed by atoms with Crippen LogP contribution in [0.25, 0.3) is 0 Å². The second kappa shape index (κ2) is 8.26. The van der Waals surface area contributed by atoms with Crippen molar-refractivity contribution in [3.63, 3.8) is 0 Å². The Labute approximate surface area is 166 Å². The van der Waals surface area contributed by atoms with Gasteiger partial charge in [0.25, 0.3) is 5.91 Å². The number of aromatic nitrogens is 2. The molecule has 0 spiro atoms. The number of aryl methyl sites for hydroxylation is 2. The number of benzene rings is 1.